The Labute approximate surface area is 137 Å². The Kier molecular flexibility index (Phi) is 6.74. The molecule has 1 unspecified atom stereocenters. The van der Waals surface area contributed by atoms with Crippen LogP contribution < -0.4 is 5.32 Å². The molecule has 0 saturated carbocycles. The second-order valence-electron chi connectivity index (χ2n) is 4.15. The van der Waals surface area contributed by atoms with Gasteiger partial charge in [-0.25, -0.2) is 8.42 Å². The first-order valence-electron chi connectivity index (χ1n) is 6.01. The van der Waals surface area contributed by atoms with Gasteiger partial charge in [0.25, 0.3) is 15.0 Å². The maximum absolute atomic E-state index is 12.1. The molecule has 0 spiro atoms. The Morgan fingerprint density at radius 3 is 2.52 bits per heavy atom. The summed E-state index contributed by atoms with van der Waals surface area (Å²) in [5.41, 5.74) is -0.135. The summed E-state index contributed by atoms with van der Waals surface area (Å²) in [6, 6.07) is 2.40. The fraction of sp³-hybridized carbons (Fsp3) is 0.417. The highest BCUT2D eigenvalue weighted by Gasteiger charge is 2.23. The summed E-state index contributed by atoms with van der Waals surface area (Å²) in [6.45, 7) is 4.36. The van der Waals surface area contributed by atoms with E-state index in [1.165, 1.54) is 6.07 Å². The monoisotopic (exact) mass is 373 g/mol. The number of nitrogens with one attached hydrogen (secondary N) is 1. The van der Waals surface area contributed by atoms with Crippen LogP contribution in [0.5, 0.6) is 0 Å². The van der Waals surface area contributed by atoms with E-state index in [0.717, 1.165) is 6.07 Å². The van der Waals surface area contributed by atoms with E-state index in [2.05, 4.69) is 5.32 Å². The Morgan fingerprint density at radius 2 is 2.00 bits per heavy atom. The predicted molar refractivity (Wildman–Crippen MR) is 82.9 cm³/mol. The summed E-state index contributed by atoms with van der Waals surface area (Å²) in [5.74, 6) is -0.598. The van der Waals surface area contributed by atoms with E-state index in [4.69, 9.17) is 38.6 Å². The number of amides is 1. The number of hydrogen-bond acceptors (Lipinski definition) is 4. The Bertz CT molecular complexity index is 634. The van der Waals surface area contributed by atoms with Crippen molar-refractivity contribution in [3.8, 4) is 0 Å². The van der Waals surface area contributed by atoms with Crippen molar-refractivity contribution in [3.63, 3.8) is 0 Å². The van der Waals surface area contributed by atoms with E-state index in [-0.39, 0.29) is 33.2 Å². The maximum Gasteiger partial charge on any atom is 0.262 e. The van der Waals surface area contributed by atoms with Crippen molar-refractivity contribution in [2.24, 2.45) is 0 Å². The van der Waals surface area contributed by atoms with E-state index < -0.39 is 15.0 Å². The van der Waals surface area contributed by atoms with Gasteiger partial charge in [0.05, 0.1) is 21.7 Å². The molecule has 5 nitrogen and oxygen atoms in total. The minimum absolute atomic E-state index is 0.0330. The van der Waals surface area contributed by atoms with Crippen LogP contribution >= 0.6 is 33.9 Å². The van der Waals surface area contributed by atoms with Gasteiger partial charge in [-0.1, -0.05) is 23.2 Å². The van der Waals surface area contributed by atoms with Crippen molar-refractivity contribution in [3.05, 3.63) is 27.7 Å². The molecule has 0 heterocycles. The molecule has 0 aromatic heterocycles. The van der Waals surface area contributed by atoms with E-state index in [1.807, 2.05) is 6.92 Å². The third-order valence-electron chi connectivity index (χ3n) is 2.55. The molecule has 118 valence electrons. The molecule has 21 heavy (non-hydrogen) atoms. The molecule has 9 heteroatoms. The van der Waals surface area contributed by atoms with Crippen LogP contribution in [0.3, 0.4) is 0 Å². The number of carbonyl (C=O) groups is 1. The smallest absolute Gasteiger partial charge is 0.262 e. The zero-order chi connectivity index (χ0) is 16.2. The van der Waals surface area contributed by atoms with Gasteiger partial charge in [0.2, 0.25) is 0 Å². The largest absolute Gasteiger partial charge is 0.377 e. The SMILES string of the molecule is CCOC(C)CNC(=O)c1c(Cl)ccc(S(=O)(=O)Cl)c1Cl. The highest BCUT2D eigenvalue weighted by Crippen LogP contribution is 2.32. The van der Waals surface area contributed by atoms with Gasteiger partial charge in [-0.3, -0.25) is 4.79 Å². The second kappa shape index (κ2) is 7.65. The minimum Gasteiger partial charge on any atom is -0.377 e. The number of ether oxygens (including phenoxy) is 1. The zero-order valence-electron chi connectivity index (χ0n) is 11.3. The summed E-state index contributed by atoms with van der Waals surface area (Å²) in [4.78, 5) is 11.7. The molecule has 0 radical (unpaired) electrons. The molecule has 0 aliphatic carbocycles. The lowest BCUT2D eigenvalue weighted by atomic mass is 10.2. The number of rotatable bonds is 6. The average Bonchev–Trinajstić information content (AvgIpc) is 2.35. The van der Waals surface area contributed by atoms with Crippen LogP contribution in [0.15, 0.2) is 17.0 Å². The summed E-state index contributed by atoms with van der Waals surface area (Å²) in [7, 11) is 1.19. The predicted octanol–water partition coefficient (Wildman–Crippen LogP) is 3.08. The van der Waals surface area contributed by atoms with E-state index in [9.17, 15) is 13.2 Å². The third-order valence-corrected chi connectivity index (χ3v) is 4.73. The van der Waals surface area contributed by atoms with Crippen LogP contribution in [-0.4, -0.2) is 33.6 Å². The molecule has 1 aromatic rings. The molecule has 1 aromatic carbocycles. The highest BCUT2D eigenvalue weighted by atomic mass is 35.7. The number of benzene rings is 1. The highest BCUT2D eigenvalue weighted by molar-refractivity contribution is 8.13. The zero-order valence-corrected chi connectivity index (χ0v) is 14.4. The molecule has 0 saturated heterocycles. The molecule has 1 N–H and O–H groups in total. The van der Waals surface area contributed by atoms with Crippen LogP contribution in [0, 0.1) is 0 Å². The van der Waals surface area contributed by atoms with E-state index in [1.54, 1.807) is 6.92 Å². The lowest BCUT2D eigenvalue weighted by Crippen LogP contribution is -2.32. The average molecular weight is 375 g/mol. The van der Waals surface area contributed by atoms with Gasteiger partial charge in [-0.15, -0.1) is 0 Å². The van der Waals surface area contributed by atoms with Crippen LogP contribution in [0.4, 0.5) is 0 Å². The van der Waals surface area contributed by atoms with Crippen LogP contribution in [-0.2, 0) is 13.8 Å². The van der Waals surface area contributed by atoms with Gasteiger partial charge < -0.3 is 10.1 Å². The maximum atomic E-state index is 12.1. The van der Waals surface area contributed by atoms with Gasteiger partial charge in [0, 0.05) is 23.8 Å². The van der Waals surface area contributed by atoms with Crippen molar-refractivity contribution >= 4 is 48.8 Å². The lowest BCUT2D eigenvalue weighted by molar-refractivity contribution is 0.0695. The fourth-order valence-electron chi connectivity index (χ4n) is 1.60. The first kappa shape index (κ1) is 18.5. The quantitative estimate of drug-likeness (QED) is 0.777. The van der Waals surface area contributed by atoms with Crippen molar-refractivity contribution in [1.82, 2.24) is 5.32 Å². The van der Waals surface area contributed by atoms with Gasteiger partial charge in [0.15, 0.2) is 0 Å². The van der Waals surface area contributed by atoms with Gasteiger partial charge in [-0.2, -0.15) is 0 Å². The number of halogens is 3. The van der Waals surface area contributed by atoms with Gasteiger partial charge >= 0.3 is 0 Å². The topological polar surface area (TPSA) is 72.5 Å². The first-order chi connectivity index (χ1) is 9.68. The molecule has 0 fully saturated rings. The summed E-state index contributed by atoms with van der Waals surface area (Å²) < 4.78 is 28.0. The summed E-state index contributed by atoms with van der Waals surface area (Å²) >= 11 is 11.8. The Balaban J connectivity index is 3.05. The van der Waals surface area contributed by atoms with Crippen molar-refractivity contribution in [2.45, 2.75) is 24.8 Å². The summed E-state index contributed by atoms with van der Waals surface area (Å²) in [6.07, 6.45) is -0.198. The normalized spacial score (nSPS) is 13.0. The molecule has 0 aliphatic heterocycles. The van der Waals surface area contributed by atoms with Crippen molar-refractivity contribution in [1.29, 1.82) is 0 Å². The Hall–Kier alpha value is -0.530. The molecular weight excluding hydrogens is 361 g/mol. The molecule has 0 aliphatic rings. The number of hydrogen-bond donors (Lipinski definition) is 1. The van der Waals surface area contributed by atoms with E-state index >= 15 is 0 Å². The van der Waals surface area contributed by atoms with Gasteiger partial charge in [-0.05, 0) is 26.0 Å². The standard InChI is InChI=1S/C12H14Cl3NO4S/c1-3-20-7(2)6-16-12(17)10-8(13)4-5-9(11(10)14)21(15,18)19/h4-5,7H,3,6H2,1-2H3,(H,16,17). The molecule has 1 rings (SSSR count). The third kappa shape index (κ3) is 5.00. The van der Waals surface area contributed by atoms with Gasteiger partial charge in [0.1, 0.15) is 4.90 Å². The number of carbonyl (C=O) groups excluding carboxylic acids is 1. The fourth-order valence-corrected chi connectivity index (χ4v) is 3.50. The van der Waals surface area contributed by atoms with Crippen molar-refractivity contribution in [2.75, 3.05) is 13.2 Å². The molecule has 0 bridgehead atoms. The van der Waals surface area contributed by atoms with Crippen LogP contribution in [0.1, 0.15) is 24.2 Å². The van der Waals surface area contributed by atoms with Crippen molar-refractivity contribution < 1.29 is 17.9 Å². The molecule has 1 atom stereocenters. The van der Waals surface area contributed by atoms with Crippen LogP contribution in [0.2, 0.25) is 10.0 Å². The Morgan fingerprint density at radius 1 is 1.38 bits per heavy atom. The first-order valence-corrected chi connectivity index (χ1v) is 9.07. The molecule has 1 amide bonds. The summed E-state index contributed by atoms with van der Waals surface area (Å²) in [5, 5.41) is 2.30. The second-order valence-corrected chi connectivity index (χ2v) is 7.47. The van der Waals surface area contributed by atoms with E-state index in [0.29, 0.717) is 6.61 Å². The lowest BCUT2D eigenvalue weighted by Gasteiger charge is -2.14. The van der Waals surface area contributed by atoms with Crippen LogP contribution in [0.25, 0.3) is 0 Å². The minimum atomic E-state index is -4.07. The molecular formula is C12H14Cl3NO4S.